The summed E-state index contributed by atoms with van der Waals surface area (Å²) in [5, 5.41) is 9.25. The highest BCUT2D eigenvalue weighted by Crippen LogP contribution is 2.23. The first-order chi connectivity index (χ1) is 9.17. The fourth-order valence-electron chi connectivity index (χ4n) is 1.84. The predicted octanol–water partition coefficient (Wildman–Crippen LogP) is 1.92. The fourth-order valence-corrected chi connectivity index (χ4v) is 1.84. The van der Waals surface area contributed by atoms with Gasteiger partial charge in [0, 0.05) is 19.4 Å². The van der Waals surface area contributed by atoms with Crippen LogP contribution in [-0.4, -0.2) is 22.4 Å². The van der Waals surface area contributed by atoms with Crippen LogP contribution in [0.4, 0.5) is 0 Å². The molecule has 0 saturated heterocycles. The van der Waals surface area contributed by atoms with Crippen LogP contribution in [0.1, 0.15) is 22.1 Å². The number of imidazole rings is 1. The molecule has 1 unspecified atom stereocenters. The van der Waals surface area contributed by atoms with Crippen molar-refractivity contribution in [2.24, 2.45) is 7.05 Å². The number of benzene rings is 1. The summed E-state index contributed by atoms with van der Waals surface area (Å²) < 4.78 is 6.71. The summed E-state index contributed by atoms with van der Waals surface area (Å²) >= 11 is 0. The number of aromatic nitrogens is 2. The van der Waals surface area contributed by atoms with Crippen molar-refractivity contribution in [3.63, 3.8) is 0 Å². The lowest BCUT2D eigenvalue weighted by molar-refractivity contribution is 0.0966. The molecule has 0 spiro atoms. The van der Waals surface area contributed by atoms with Gasteiger partial charge in [-0.25, -0.2) is 4.98 Å². The Labute approximate surface area is 111 Å². The van der Waals surface area contributed by atoms with E-state index in [9.17, 15) is 10.1 Å². The van der Waals surface area contributed by atoms with Gasteiger partial charge in [0.15, 0.2) is 5.82 Å². The lowest BCUT2D eigenvalue weighted by Crippen LogP contribution is -2.15. The number of nitriles is 1. The van der Waals surface area contributed by atoms with Crippen molar-refractivity contribution >= 4 is 5.78 Å². The molecule has 2 rings (SSSR count). The molecule has 0 aliphatic rings. The van der Waals surface area contributed by atoms with Gasteiger partial charge in [-0.05, 0) is 17.7 Å². The minimum atomic E-state index is -0.879. The van der Waals surface area contributed by atoms with Crippen LogP contribution in [0.25, 0.3) is 0 Å². The lowest BCUT2D eigenvalue weighted by atomic mass is 9.95. The zero-order valence-corrected chi connectivity index (χ0v) is 10.7. The monoisotopic (exact) mass is 255 g/mol. The van der Waals surface area contributed by atoms with Gasteiger partial charge in [0.2, 0.25) is 5.78 Å². The van der Waals surface area contributed by atoms with E-state index in [1.54, 1.807) is 49.2 Å². The van der Waals surface area contributed by atoms with Crippen molar-refractivity contribution in [2.45, 2.75) is 5.92 Å². The quantitative estimate of drug-likeness (QED) is 0.783. The molecule has 0 aliphatic heterocycles. The van der Waals surface area contributed by atoms with Gasteiger partial charge in [-0.2, -0.15) is 5.26 Å². The van der Waals surface area contributed by atoms with E-state index < -0.39 is 5.92 Å². The molecule has 0 radical (unpaired) electrons. The zero-order chi connectivity index (χ0) is 13.8. The molecule has 96 valence electrons. The number of rotatable bonds is 4. The molecule has 19 heavy (non-hydrogen) atoms. The molecule has 1 heterocycles. The molecule has 5 nitrogen and oxygen atoms in total. The average Bonchev–Trinajstić information content (AvgIpc) is 2.86. The second kappa shape index (κ2) is 5.36. The molecule has 5 heteroatoms. The van der Waals surface area contributed by atoms with Gasteiger partial charge in [-0.1, -0.05) is 12.1 Å². The molecular formula is C14H13N3O2. The van der Waals surface area contributed by atoms with Gasteiger partial charge in [0.1, 0.15) is 11.7 Å². The smallest absolute Gasteiger partial charge is 0.219 e. The zero-order valence-electron chi connectivity index (χ0n) is 10.7. The van der Waals surface area contributed by atoms with Gasteiger partial charge in [0.25, 0.3) is 0 Å². The molecule has 0 N–H and O–H groups in total. The van der Waals surface area contributed by atoms with Gasteiger partial charge < -0.3 is 9.30 Å². The van der Waals surface area contributed by atoms with Gasteiger partial charge in [0.05, 0.1) is 13.2 Å². The maximum atomic E-state index is 12.3. The average molecular weight is 255 g/mol. The molecule has 0 fully saturated rings. The minimum Gasteiger partial charge on any atom is -0.497 e. The van der Waals surface area contributed by atoms with E-state index in [1.165, 1.54) is 6.20 Å². The minimum absolute atomic E-state index is 0.273. The van der Waals surface area contributed by atoms with E-state index in [0.29, 0.717) is 11.3 Å². The number of ketones is 1. The van der Waals surface area contributed by atoms with Crippen LogP contribution in [0.15, 0.2) is 36.7 Å². The summed E-state index contributed by atoms with van der Waals surface area (Å²) in [6.45, 7) is 0. The van der Waals surface area contributed by atoms with Gasteiger partial charge in [-0.3, -0.25) is 4.79 Å². The SMILES string of the molecule is COc1cccc(C(C#N)C(=O)c2nccn2C)c1. The third kappa shape index (κ3) is 2.47. The number of ether oxygens (including phenoxy) is 1. The molecule has 1 aromatic carbocycles. The summed E-state index contributed by atoms with van der Waals surface area (Å²) in [6, 6.07) is 8.97. The van der Waals surface area contributed by atoms with Crippen LogP contribution in [0.5, 0.6) is 5.75 Å². The van der Waals surface area contributed by atoms with Crippen LogP contribution < -0.4 is 4.74 Å². The van der Waals surface area contributed by atoms with E-state index in [-0.39, 0.29) is 11.6 Å². The molecule has 2 aromatic rings. The highest BCUT2D eigenvalue weighted by molar-refractivity contribution is 6.00. The molecule has 0 aliphatic carbocycles. The Bertz CT molecular complexity index is 640. The summed E-state index contributed by atoms with van der Waals surface area (Å²) in [7, 11) is 3.27. The van der Waals surface area contributed by atoms with Crippen molar-refractivity contribution in [3.05, 3.63) is 48.0 Å². The third-order valence-electron chi connectivity index (χ3n) is 2.86. The van der Waals surface area contributed by atoms with Crippen LogP contribution in [0.3, 0.4) is 0 Å². The molecule has 0 bridgehead atoms. The number of carbonyl (C=O) groups is 1. The summed E-state index contributed by atoms with van der Waals surface area (Å²) in [4.78, 5) is 16.3. The van der Waals surface area contributed by atoms with E-state index in [0.717, 1.165) is 0 Å². The number of methoxy groups -OCH3 is 1. The topological polar surface area (TPSA) is 67.9 Å². The molecule has 1 atom stereocenters. The summed E-state index contributed by atoms with van der Waals surface area (Å²) in [5.41, 5.74) is 0.606. The van der Waals surface area contributed by atoms with Crippen molar-refractivity contribution in [3.8, 4) is 11.8 Å². The highest BCUT2D eigenvalue weighted by Gasteiger charge is 2.25. The molecule has 1 aromatic heterocycles. The third-order valence-corrected chi connectivity index (χ3v) is 2.86. The summed E-state index contributed by atoms with van der Waals surface area (Å²) in [6.07, 6.45) is 3.21. The highest BCUT2D eigenvalue weighted by atomic mass is 16.5. The van der Waals surface area contributed by atoms with E-state index in [1.807, 2.05) is 6.07 Å². The first kappa shape index (κ1) is 12.8. The van der Waals surface area contributed by atoms with Crippen molar-refractivity contribution in [1.82, 2.24) is 9.55 Å². The Morgan fingerprint density at radius 3 is 2.89 bits per heavy atom. The maximum Gasteiger partial charge on any atom is 0.219 e. The van der Waals surface area contributed by atoms with Crippen LogP contribution in [0.2, 0.25) is 0 Å². The van der Waals surface area contributed by atoms with Crippen LogP contribution in [-0.2, 0) is 7.05 Å². The number of aryl methyl sites for hydroxylation is 1. The number of carbonyl (C=O) groups excluding carboxylic acids is 1. The van der Waals surface area contributed by atoms with Crippen LogP contribution >= 0.6 is 0 Å². The fraction of sp³-hybridized carbons (Fsp3) is 0.214. The largest absolute Gasteiger partial charge is 0.497 e. The standard InChI is InChI=1S/C14H13N3O2/c1-17-7-6-16-14(17)13(18)12(9-15)10-4-3-5-11(8-10)19-2/h3-8,12H,1-2H3. The molecular weight excluding hydrogens is 242 g/mol. The first-order valence-electron chi connectivity index (χ1n) is 5.72. The van der Waals surface area contributed by atoms with E-state index in [4.69, 9.17) is 4.74 Å². The molecule has 0 saturated carbocycles. The Morgan fingerprint density at radius 1 is 1.53 bits per heavy atom. The van der Waals surface area contributed by atoms with Crippen molar-refractivity contribution in [1.29, 1.82) is 5.26 Å². The van der Waals surface area contributed by atoms with Gasteiger partial charge in [-0.15, -0.1) is 0 Å². The summed E-state index contributed by atoms with van der Waals surface area (Å²) in [5.74, 6) is -0.306. The second-order valence-corrected chi connectivity index (χ2v) is 4.06. The Morgan fingerprint density at radius 2 is 2.32 bits per heavy atom. The number of hydrogen-bond acceptors (Lipinski definition) is 4. The van der Waals surface area contributed by atoms with Crippen molar-refractivity contribution in [2.75, 3.05) is 7.11 Å². The number of hydrogen-bond donors (Lipinski definition) is 0. The maximum absolute atomic E-state index is 12.3. The first-order valence-corrected chi connectivity index (χ1v) is 5.72. The Kier molecular flexibility index (Phi) is 3.62. The van der Waals surface area contributed by atoms with E-state index >= 15 is 0 Å². The Hall–Kier alpha value is -2.61. The molecule has 0 amide bonds. The van der Waals surface area contributed by atoms with Gasteiger partial charge >= 0.3 is 0 Å². The van der Waals surface area contributed by atoms with Crippen LogP contribution in [0, 0.1) is 11.3 Å². The van der Waals surface area contributed by atoms with Crippen molar-refractivity contribution < 1.29 is 9.53 Å². The van der Waals surface area contributed by atoms with E-state index in [2.05, 4.69) is 4.98 Å². The number of nitrogens with zero attached hydrogens (tertiary/aromatic N) is 3. The predicted molar refractivity (Wildman–Crippen MR) is 68.9 cm³/mol. The lowest BCUT2D eigenvalue weighted by Gasteiger charge is -2.09. The normalized spacial score (nSPS) is 11.6. The number of Topliss-reactive ketones (excluding diaryl/α,β-unsaturated/α-hetero) is 1. The second-order valence-electron chi connectivity index (χ2n) is 4.06. The Balaban J connectivity index is 2.38.